The third kappa shape index (κ3) is 2.08. The normalized spacial score (nSPS) is 30.1. The van der Waals surface area contributed by atoms with Crippen LogP contribution in [0.4, 0.5) is 0 Å². The van der Waals surface area contributed by atoms with Gasteiger partial charge in [-0.2, -0.15) is 0 Å². The van der Waals surface area contributed by atoms with Gasteiger partial charge in [0.15, 0.2) is 0 Å². The van der Waals surface area contributed by atoms with Crippen molar-refractivity contribution < 1.29 is 4.79 Å². The van der Waals surface area contributed by atoms with E-state index in [0.717, 1.165) is 22.9 Å². The summed E-state index contributed by atoms with van der Waals surface area (Å²) in [5.74, 6) is 0.186. The van der Waals surface area contributed by atoms with Crippen molar-refractivity contribution in [3.63, 3.8) is 0 Å². The standard InChI is InChI=1S/C11H16BrNO/c1-4-6-9(12)10-8(5-2)7(3)13-11(10)14/h5,7-8H,2,4,6H2,1,3H3,(H,13,14)/b10-9-/t7-,8+/m1/s1. The van der Waals surface area contributed by atoms with E-state index in [-0.39, 0.29) is 17.9 Å². The van der Waals surface area contributed by atoms with E-state index >= 15 is 0 Å². The van der Waals surface area contributed by atoms with E-state index in [2.05, 4.69) is 34.7 Å². The van der Waals surface area contributed by atoms with Crippen molar-refractivity contribution in [3.05, 3.63) is 22.7 Å². The summed E-state index contributed by atoms with van der Waals surface area (Å²) in [5.41, 5.74) is 0.856. The number of amides is 1. The molecule has 78 valence electrons. The fourth-order valence-electron chi connectivity index (χ4n) is 1.76. The second-order valence-electron chi connectivity index (χ2n) is 3.59. The predicted octanol–water partition coefficient (Wildman–Crippen LogP) is 2.76. The highest BCUT2D eigenvalue weighted by molar-refractivity contribution is 9.11. The predicted molar refractivity (Wildman–Crippen MR) is 62.2 cm³/mol. The smallest absolute Gasteiger partial charge is 0.248 e. The Labute approximate surface area is 93.6 Å². The molecule has 14 heavy (non-hydrogen) atoms. The number of carbonyl (C=O) groups excluding carboxylic acids is 1. The summed E-state index contributed by atoms with van der Waals surface area (Å²) in [6, 6.07) is 0.166. The van der Waals surface area contributed by atoms with Gasteiger partial charge in [-0.25, -0.2) is 0 Å². The molecule has 3 heteroatoms. The lowest BCUT2D eigenvalue weighted by molar-refractivity contribution is -0.116. The van der Waals surface area contributed by atoms with E-state index in [1.165, 1.54) is 0 Å². The lowest BCUT2D eigenvalue weighted by Crippen LogP contribution is -2.24. The molecule has 2 atom stereocenters. The molecule has 0 aromatic carbocycles. The van der Waals surface area contributed by atoms with Crippen LogP contribution in [0.25, 0.3) is 0 Å². The van der Waals surface area contributed by atoms with E-state index in [1.54, 1.807) is 0 Å². The number of carbonyl (C=O) groups is 1. The van der Waals surface area contributed by atoms with Crippen molar-refractivity contribution >= 4 is 21.8 Å². The number of halogens is 1. The highest BCUT2D eigenvalue weighted by atomic mass is 79.9. The molecule has 1 aliphatic heterocycles. The van der Waals surface area contributed by atoms with Gasteiger partial charge in [0.05, 0.1) is 0 Å². The molecule has 1 fully saturated rings. The van der Waals surface area contributed by atoms with Crippen LogP contribution in [-0.4, -0.2) is 11.9 Å². The molecule has 1 amide bonds. The van der Waals surface area contributed by atoms with Crippen molar-refractivity contribution in [3.8, 4) is 0 Å². The second-order valence-corrected chi connectivity index (χ2v) is 4.55. The Morgan fingerprint density at radius 1 is 1.71 bits per heavy atom. The third-order valence-electron chi connectivity index (χ3n) is 2.49. The minimum Gasteiger partial charge on any atom is -0.349 e. The lowest BCUT2D eigenvalue weighted by Gasteiger charge is -2.10. The van der Waals surface area contributed by atoms with Crippen molar-refractivity contribution in [1.82, 2.24) is 5.32 Å². The molecule has 0 aromatic rings. The maximum Gasteiger partial charge on any atom is 0.248 e. The average molecular weight is 258 g/mol. The molecule has 1 saturated heterocycles. The summed E-state index contributed by atoms with van der Waals surface area (Å²) < 4.78 is 1.02. The van der Waals surface area contributed by atoms with Crippen LogP contribution in [-0.2, 0) is 4.79 Å². The zero-order chi connectivity index (χ0) is 10.7. The van der Waals surface area contributed by atoms with Gasteiger partial charge in [0.2, 0.25) is 5.91 Å². The zero-order valence-electron chi connectivity index (χ0n) is 8.64. The molecule has 0 aromatic heterocycles. The summed E-state index contributed by atoms with van der Waals surface area (Å²) in [7, 11) is 0. The monoisotopic (exact) mass is 257 g/mol. The Kier molecular flexibility index (Phi) is 3.93. The van der Waals surface area contributed by atoms with Crippen LogP contribution >= 0.6 is 15.9 Å². The molecule has 1 aliphatic rings. The van der Waals surface area contributed by atoms with Crippen LogP contribution in [0.3, 0.4) is 0 Å². The van der Waals surface area contributed by atoms with Crippen molar-refractivity contribution in [2.75, 3.05) is 0 Å². The van der Waals surface area contributed by atoms with Gasteiger partial charge >= 0.3 is 0 Å². The van der Waals surface area contributed by atoms with Gasteiger partial charge in [0, 0.05) is 22.0 Å². The number of rotatable bonds is 3. The van der Waals surface area contributed by atoms with Crippen LogP contribution < -0.4 is 5.32 Å². The van der Waals surface area contributed by atoms with Gasteiger partial charge < -0.3 is 5.32 Å². The quantitative estimate of drug-likeness (QED) is 0.612. The molecule has 1 heterocycles. The summed E-state index contributed by atoms with van der Waals surface area (Å²) in [5, 5.41) is 2.91. The van der Waals surface area contributed by atoms with E-state index in [0.29, 0.717) is 0 Å². The molecule has 0 aliphatic carbocycles. The van der Waals surface area contributed by atoms with E-state index < -0.39 is 0 Å². The van der Waals surface area contributed by atoms with Gasteiger partial charge in [-0.1, -0.05) is 35.4 Å². The SMILES string of the molecule is C=C[C@@H]1/C(=C(/Br)CCC)C(=O)N[C@@H]1C. The number of allylic oxidation sites excluding steroid dienone is 1. The van der Waals surface area contributed by atoms with Crippen molar-refractivity contribution in [1.29, 1.82) is 0 Å². The van der Waals surface area contributed by atoms with E-state index in [1.807, 2.05) is 13.0 Å². The van der Waals surface area contributed by atoms with Crippen molar-refractivity contribution in [2.45, 2.75) is 32.7 Å². The first kappa shape index (κ1) is 11.5. The van der Waals surface area contributed by atoms with E-state index in [4.69, 9.17) is 0 Å². The number of hydrogen-bond donors (Lipinski definition) is 1. The summed E-state index contributed by atoms with van der Waals surface area (Å²) in [6.45, 7) is 7.87. The first-order valence-electron chi connectivity index (χ1n) is 4.93. The first-order valence-corrected chi connectivity index (χ1v) is 5.73. The Morgan fingerprint density at radius 2 is 2.36 bits per heavy atom. The maximum atomic E-state index is 11.6. The van der Waals surface area contributed by atoms with Crippen LogP contribution in [0.5, 0.6) is 0 Å². The molecular weight excluding hydrogens is 242 g/mol. The molecule has 0 bridgehead atoms. The Morgan fingerprint density at radius 3 is 2.86 bits per heavy atom. The molecule has 0 spiro atoms. The van der Waals surface area contributed by atoms with Gasteiger partial charge in [-0.15, -0.1) is 6.58 Å². The van der Waals surface area contributed by atoms with Gasteiger partial charge in [-0.05, 0) is 13.3 Å². The van der Waals surface area contributed by atoms with Gasteiger partial charge in [-0.3, -0.25) is 4.79 Å². The molecule has 1 rings (SSSR count). The van der Waals surface area contributed by atoms with Crippen LogP contribution in [0, 0.1) is 5.92 Å². The second kappa shape index (κ2) is 4.78. The molecule has 0 radical (unpaired) electrons. The maximum absolute atomic E-state index is 11.6. The highest BCUT2D eigenvalue weighted by Crippen LogP contribution is 2.31. The minimum absolute atomic E-state index is 0.0442. The van der Waals surface area contributed by atoms with Crippen LogP contribution in [0.2, 0.25) is 0 Å². The highest BCUT2D eigenvalue weighted by Gasteiger charge is 2.33. The van der Waals surface area contributed by atoms with E-state index in [9.17, 15) is 4.79 Å². The molecular formula is C11H16BrNO. The molecule has 0 unspecified atom stereocenters. The van der Waals surface area contributed by atoms with Crippen LogP contribution in [0.1, 0.15) is 26.7 Å². The van der Waals surface area contributed by atoms with Gasteiger partial charge in [0.25, 0.3) is 0 Å². The average Bonchev–Trinajstić information content (AvgIpc) is 2.40. The Balaban J connectivity index is 3.00. The summed E-state index contributed by atoms with van der Waals surface area (Å²) in [4.78, 5) is 11.6. The van der Waals surface area contributed by atoms with Gasteiger partial charge in [0.1, 0.15) is 0 Å². The topological polar surface area (TPSA) is 29.1 Å². The lowest BCUT2D eigenvalue weighted by atomic mass is 9.96. The Hall–Kier alpha value is -0.570. The minimum atomic E-state index is 0.0442. The fourth-order valence-corrected chi connectivity index (χ4v) is 2.60. The molecule has 1 N–H and O–H groups in total. The largest absolute Gasteiger partial charge is 0.349 e. The Bertz CT molecular complexity index is 283. The third-order valence-corrected chi connectivity index (χ3v) is 3.31. The van der Waals surface area contributed by atoms with Crippen molar-refractivity contribution in [2.24, 2.45) is 5.92 Å². The summed E-state index contributed by atoms with van der Waals surface area (Å²) >= 11 is 3.49. The number of nitrogens with one attached hydrogen (secondary N) is 1. The number of hydrogen-bond acceptors (Lipinski definition) is 1. The molecule has 2 nitrogen and oxygen atoms in total. The summed E-state index contributed by atoms with van der Waals surface area (Å²) in [6.07, 6.45) is 3.80. The molecule has 0 saturated carbocycles. The first-order chi connectivity index (χ1) is 6.61. The zero-order valence-corrected chi connectivity index (χ0v) is 10.2. The van der Waals surface area contributed by atoms with Crippen LogP contribution in [0.15, 0.2) is 22.7 Å². The fraction of sp³-hybridized carbons (Fsp3) is 0.545.